The number of thioether (sulfide) groups is 1. The molecule has 2 nitrogen and oxygen atoms in total. The van der Waals surface area contributed by atoms with Gasteiger partial charge in [-0.3, -0.25) is 0 Å². The van der Waals surface area contributed by atoms with Gasteiger partial charge in [0, 0.05) is 34.9 Å². The van der Waals surface area contributed by atoms with Crippen molar-refractivity contribution >= 4 is 27.7 Å². The maximum atomic E-state index is 13.3. The number of benzene rings is 2. The molecular weight excluding hydrogens is 355 g/mol. The Morgan fingerprint density at radius 1 is 1.10 bits per heavy atom. The Kier molecular flexibility index (Phi) is 6.23. The fourth-order valence-corrected chi connectivity index (χ4v) is 3.29. The summed E-state index contributed by atoms with van der Waals surface area (Å²) in [6.07, 6.45) is -0.344. The summed E-state index contributed by atoms with van der Waals surface area (Å²) in [5, 5.41) is 0. The molecule has 0 saturated carbocycles. The first-order chi connectivity index (χ1) is 10.1. The van der Waals surface area contributed by atoms with Crippen LogP contribution in [0.3, 0.4) is 0 Å². The molecule has 112 valence electrons. The van der Waals surface area contributed by atoms with Crippen molar-refractivity contribution in [2.75, 3.05) is 14.2 Å². The van der Waals surface area contributed by atoms with Crippen LogP contribution in [0.1, 0.15) is 17.4 Å². The summed E-state index contributed by atoms with van der Waals surface area (Å²) >= 11 is 4.96. The van der Waals surface area contributed by atoms with Crippen molar-refractivity contribution < 1.29 is 13.9 Å². The Balaban J connectivity index is 2.00. The molecule has 0 aliphatic carbocycles. The van der Waals surface area contributed by atoms with Gasteiger partial charge in [0.15, 0.2) is 6.29 Å². The van der Waals surface area contributed by atoms with E-state index in [1.807, 2.05) is 30.3 Å². The Hall–Kier alpha value is -0.880. The lowest BCUT2D eigenvalue weighted by molar-refractivity contribution is -0.106. The van der Waals surface area contributed by atoms with Gasteiger partial charge in [-0.15, -0.1) is 11.8 Å². The monoisotopic (exact) mass is 370 g/mol. The first-order valence-electron chi connectivity index (χ1n) is 6.35. The van der Waals surface area contributed by atoms with Gasteiger partial charge in [-0.25, -0.2) is 4.39 Å². The van der Waals surface area contributed by atoms with Crippen LogP contribution in [0.25, 0.3) is 0 Å². The molecule has 0 aromatic heterocycles. The van der Waals surface area contributed by atoms with Crippen LogP contribution in [0.2, 0.25) is 0 Å². The number of methoxy groups -OCH3 is 2. The fourth-order valence-electron chi connectivity index (χ4n) is 1.95. The lowest BCUT2D eigenvalue weighted by Gasteiger charge is -2.13. The third-order valence-electron chi connectivity index (χ3n) is 2.91. The highest BCUT2D eigenvalue weighted by molar-refractivity contribution is 9.10. The molecule has 5 heteroatoms. The van der Waals surface area contributed by atoms with Crippen LogP contribution in [-0.2, 0) is 15.2 Å². The fraction of sp³-hybridized carbons (Fsp3) is 0.250. The average molecular weight is 371 g/mol. The molecule has 0 aliphatic heterocycles. The van der Waals surface area contributed by atoms with E-state index in [9.17, 15) is 4.39 Å². The maximum absolute atomic E-state index is 13.3. The molecule has 0 heterocycles. The Bertz CT molecular complexity index is 565. The van der Waals surface area contributed by atoms with E-state index in [0.29, 0.717) is 5.75 Å². The van der Waals surface area contributed by atoms with E-state index in [2.05, 4.69) is 15.9 Å². The van der Waals surface area contributed by atoms with Crippen LogP contribution in [0.4, 0.5) is 4.39 Å². The van der Waals surface area contributed by atoms with Gasteiger partial charge < -0.3 is 9.47 Å². The zero-order valence-electron chi connectivity index (χ0n) is 11.8. The largest absolute Gasteiger partial charge is 0.352 e. The topological polar surface area (TPSA) is 18.5 Å². The van der Waals surface area contributed by atoms with Crippen molar-refractivity contribution in [2.45, 2.75) is 16.9 Å². The molecule has 0 spiro atoms. The minimum Gasteiger partial charge on any atom is -0.352 e. The summed E-state index contributed by atoms with van der Waals surface area (Å²) in [5.41, 5.74) is 1.92. The van der Waals surface area contributed by atoms with Gasteiger partial charge in [0.05, 0.1) is 0 Å². The van der Waals surface area contributed by atoms with Gasteiger partial charge >= 0.3 is 0 Å². The van der Waals surface area contributed by atoms with Gasteiger partial charge in [-0.05, 0) is 35.9 Å². The molecule has 0 radical (unpaired) electrons. The predicted octanol–water partition coefficient (Wildman–Crippen LogP) is 5.17. The van der Waals surface area contributed by atoms with Crippen LogP contribution in [-0.4, -0.2) is 14.2 Å². The van der Waals surface area contributed by atoms with Gasteiger partial charge in [-0.1, -0.05) is 28.1 Å². The van der Waals surface area contributed by atoms with Crippen LogP contribution in [0, 0.1) is 5.82 Å². The highest BCUT2D eigenvalue weighted by Gasteiger charge is 2.08. The Morgan fingerprint density at radius 2 is 1.76 bits per heavy atom. The first-order valence-corrected chi connectivity index (χ1v) is 8.13. The van der Waals surface area contributed by atoms with Crippen LogP contribution in [0.15, 0.2) is 51.8 Å². The number of halogens is 2. The molecule has 0 amide bonds. The average Bonchev–Trinajstić information content (AvgIpc) is 2.47. The lowest BCUT2D eigenvalue weighted by atomic mass is 10.2. The van der Waals surface area contributed by atoms with E-state index >= 15 is 0 Å². The minimum absolute atomic E-state index is 0.224. The number of hydrogen-bond donors (Lipinski definition) is 0. The number of rotatable bonds is 6. The molecule has 0 saturated heterocycles. The van der Waals surface area contributed by atoms with Gasteiger partial charge in [0.2, 0.25) is 0 Å². The van der Waals surface area contributed by atoms with Crippen LogP contribution < -0.4 is 0 Å². The van der Waals surface area contributed by atoms with E-state index in [-0.39, 0.29) is 12.1 Å². The quantitative estimate of drug-likeness (QED) is 0.516. The van der Waals surface area contributed by atoms with Crippen molar-refractivity contribution in [3.8, 4) is 0 Å². The maximum Gasteiger partial charge on any atom is 0.183 e. The summed E-state index contributed by atoms with van der Waals surface area (Å²) in [4.78, 5) is 1.12. The third kappa shape index (κ3) is 4.81. The van der Waals surface area contributed by atoms with Crippen molar-refractivity contribution in [1.29, 1.82) is 0 Å². The van der Waals surface area contributed by atoms with E-state index in [1.165, 1.54) is 6.07 Å². The summed E-state index contributed by atoms with van der Waals surface area (Å²) in [6.45, 7) is 0. The molecule has 0 atom stereocenters. The second-order valence-corrected chi connectivity index (χ2v) is 6.40. The van der Waals surface area contributed by atoms with Gasteiger partial charge in [-0.2, -0.15) is 0 Å². The van der Waals surface area contributed by atoms with Crippen molar-refractivity contribution in [2.24, 2.45) is 0 Å². The number of hydrogen-bond acceptors (Lipinski definition) is 3. The molecule has 2 aromatic rings. The smallest absolute Gasteiger partial charge is 0.183 e. The first kappa shape index (κ1) is 16.5. The highest BCUT2D eigenvalue weighted by Crippen LogP contribution is 2.27. The molecule has 0 N–H and O–H groups in total. The zero-order chi connectivity index (χ0) is 15.2. The molecule has 0 aliphatic rings. The molecule has 0 bridgehead atoms. The Labute approximate surface area is 136 Å². The molecule has 0 fully saturated rings. The minimum atomic E-state index is -0.344. The second kappa shape index (κ2) is 7.94. The van der Waals surface area contributed by atoms with E-state index in [1.54, 1.807) is 32.0 Å². The van der Waals surface area contributed by atoms with Crippen molar-refractivity contribution in [3.05, 3.63) is 63.9 Å². The second-order valence-electron chi connectivity index (χ2n) is 4.44. The highest BCUT2D eigenvalue weighted by atomic mass is 79.9. The zero-order valence-corrected chi connectivity index (χ0v) is 14.2. The van der Waals surface area contributed by atoms with E-state index in [4.69, 9.17) is 9.47 Å². The number of ether oxygens (including phenoxy) is 2. The predicted molar refractivity (Wildman–Crippen MR) is 86.9 cm³/mol. The molecule has 0 unspecified atom stereocenters. The lowest BCUT2D eigenvalue weighted by Crippen LogP contribution is -2.02. The molecular formula is C16H16BrFO2S. The van der Waals surface area contributed by atoms with Crippen LogP contribution in [0.5, 0.6) is 0 Å². The summed E-state index contributed by atoms with van der Waals surface area (Å²) in [6, 6.07) is 12.9. The molecule has 21 heavy (non-hydrogen) atoms. The molecule has 2 aromatic carbocycles. The summed E-state index contributed by atoms with van der Waals surface area (Å²) in [7, 11) is 3.22. The third-order valence-corrected chi connectivity index (χ3v) is 4.45. The summed E-state index contributed by atoms with van der Waals surface area (Å²) in [5.74, 6) is 0.492. The Morgan fingerprint density at radius 3 is 2.33 bits per heavy atom. The summed E-state index contributed by atoms with van der Waals surface area (Å²) < 4.78 is 24.5. The molecule has 2 rings (SSSR count). The van der Waals surface area contributed by atoms with Gasteiger partial charge in [0.25, 0.3) is 0 Å². The standard InChI is InChI=1S/C16H16BrFO2S/c1-19-16(20-2)12-3-5-15(6-4-12)21-10-11-7-13(17)9-14(18)8-11/h3-9,16H,10H2,1-2H3. The van der Waals surface area contributed by atoms with Gasteiger partial charge in [0.1, 0.15) is 5.82 Å². The van der Waals surface area contributed by atoms with Crippen molar-refractivity contribution in [3.63, 3.8) is 0 Å². The van der Waals surface area contributed by atoms with Crippen LogP contribution >= 0.6 is 27.7 Å². The SMILES string of the molecule is COC(OC)c1ccc(SCc2cc(F)cc(Br)c2)cc1. The van der Waals surface area contributed by atoms with Crippen molar-refractivity contribution in [1.82, 2.24) is 0 Å². The van der Waals surface area contributed by atoms with E-state index < -0.39 is 0 Å². The normalized spacial score (nSPS) is 11.1. The van der Waals surface area contributed by atoms with E-state index in [0.717, 1.165) is 20.5 Å².